The van der Waals surface area contributed by atoms with Crippen molar-refractivity contribution in [3.8, 4) is 11.3 Å². The SMILES string of the molecule is O=C1NC(=S)S/C1=C\c1ccc(-c2cc(C(=O)O)cc(C(=O)O)c2)o1. The second-order valence-electron chi connectivity index (χ2n) is 4.96. The van der Waals surface area contributed by atoms with E-state index in [1.165, 1.54) is 18.2 Å². The van der Waals surface area contributed by atoms with E-state index in [1.54, 1.807) is 12.1 Å². The molecule has 1 fully saturated rings. The molecule has 0 atom stereocenters. The van der Waals surface area contributed by atoms with E-state index in [9.17, 15) is 14.4 Å². The highest BCUT2D eigenvalue weighted by atomic mass is 32.2. The molecule has 1 aliphatic rings. The first kappa shape index (κ1) is 16.9. The Morgan fingerprint density at radius 1 is 1.12 bits per heavy atom. The van der Waals surface area contributed by atoms with Crippen LogP contribution in [0.3, 0.4) is 0 Å². The van der Waals surface area contributed by atoms with E-state index in [1.807, 2.05) is 0 Å². The number of amides is 1. The van der Waals surface area contributed by atoms with Gasteiger partial charge in [0.1, 0.15) is 15.8 Å². The Labute approximate surface area is 150 Å². The predicted molar refractivity (Wildman–Crippen MR) is 94.4 cm³/mol. The van der Waals surface area contributed by atoms with Crippen LogP contribution < -0.4 is 5.32 Å². The lowest BCUT2D eigenvalue weighted by Crippen LogP contribution is -2.17. The second-order valence-corrected chi connectivity index (χ2v) is 6.68. The van der Waals surface area contributed by atoms with Crippen LogP contribution in [-0.4, -0.2) is 32.4 Å². The Balaban J connectivity index is 1.98. The minimum absolute atomic E-state index is 0.165. The average molecular weight is 375 g/mol. The Kier molecular flexibility index (Phi) is 4.43. The highest BCUT2D eigenvalue weighted by Gasteiger charge is 2.22. The molecule has 1 aliphatic heterocycles. The summed E-state index contributed by atoms with van der Waals surface area (Å²) in [5.41, 5.74) is -0.0226. The number of furan rings is 1. The Morgan fingerprint density at radius 2 is 1.76 bits per heavy atom. The van der Waals surface area contributed by atoms with Gasteiger partial charge in [-0.25, -0.2) is 9.59 Å². The van der Waals surface area contributed by atoms with Crippen molar-refractivity contribution in [3.63, 3.8) is 0 Å². The highest BCUT2D eigenvalue weighted by molar-refractivity contribution is 8.26. The van der Waals surface area contributed by atoms with Crippen LogP contribution in [0.1, 0.15) is 26.5 Å². The number of thiocarbonyl (C=S) groups is 1. The molecule has 1 aromatic carbocycles. The van der Waals surface area contributed by atoms with Crippen LogP contribution in [0.2, 0.25) is 0 Å². The fourth-order valence-corrected chi connectivity index (χ4v) is 3.18. The van der Waals surface area contributed by atoms with Gasteiger partial charge in [-0.1, -0.05) is 24.0 Å². The number of hydrogen-bond acceptors (Lipinski definition) is 6. The number of hydrogen-bond donors (Lipinski definition) is 3. The van der Waals surface area contributed by atoms with Crippen LogP contribution in [0.5, 0.6) is 0 Å². The van der Waals surface area contributed by atoms with Crippen molar-refractivity contribution >= 4 is 52.2 Å². The van der Waals surface area contributed by atoms with Gasteiger partial charge in [-0.2, -0.15) is 0 Å². The van der Waals surface area contributed by atoms with E-state index < -0.39 is 11.9 Å². The third kappa shape index (κ3) is 3.62. The second kappa shape index (κ2) is 6.54. The van der Waals surface area contributed by atoms with Crippen LogP contribution >= 0.6 is 24.0 Å². The van der Waals surface area contributed by atoms with Gasteiger partial charge in [0.25, 0.3) is 5.91 Å². The van der Waals surface area contributed by atoms with Gasteiger partial charge in [0.15, 0.2) is 0 Å². The average Bonchev–Trinajstić information content (AvgIpc) is 3.14. The maximum atomic E-state index is 11.6. The molecule has 0 radical (unpaired) electrons. The first-order chi connectivity index (χ1) is 11.8. The summed E-state index contributed by atoms with van der Waals surface area (Å²) in [5, 5.41) is 20.7. The summed E-state index contributed by atoms with van der Waals surface area (Å²) in [7, 11) is 0. The molecule has 2 aromatic rings. The van der Waals surface area contributed by atoms with Crippen LogP contribution in [-0.2, 0) is 4.79 Å². The number of nitrogens with one attached hydrogen (secondary N) is 1. The molecule has 3 N–H and O–H groups in total. The van der Waals surface area contributed by atoms with Crippen molar-refractivity contribution in [1.29, 1.82) is 0 Å². The summed E-state index contributed by atoms with van der Waals surface area (Å²) in [5.74, 6) is -2.18. The van der Waals surface area contributed by atoms with Gasteiger partial charge in [-0.05, 0) is 30.3 Å². The zero-order chi connectivity index (χ0) is 18.1. The zero-order valence-electron chi connectivity index (χ0n) is 12.3. The number of carbonyl (C=O) groups is 3. The van der Waals surface area contributed by atoms with Crippen molar-refractivity contribution in [3.05, 3.63) is 52.1 Å². The summed E-state index contributed by atoms with van der Waals surface area (Å²) >= 11 is 6.00. The molecule has 1 aromatic heterocycles. The van der Waals surface area contributed by atoms with Gasteiger partial charge in [0, 0.05) is 11.6 Å². The molecule has 0 aliphatic carbocycles. The summed E-state index contributed by atoms with van der Waals surface area (Å²) in [6, 6.07) is 6.86. The molecular weight excluding hydrogens is 366 g/mol. The van der Waals surface area contributed by atoms with Gasteiger partial charge in [0.05, 0.1) is 16.0 Å². The topological polar surface area (TPSA) is 117 Å². The molecule has 7 nitrogen and oxygen atoms in total. The minimum atomic E-state index is -1.24. The van der Waals surface area contributed by atoms with Gasteiger partial charge in [-0.3, -0.25) is 4.79 Å². The number of aromatic carboxylic acids is 2. The fourth-order valence-electron chi connectivity index (χ4n) is 2.15. The van der Waals surface area contributed by atoms with E-state index in [2.05, 4.69) is 5.32 Å². The number of rotatable bonds is 4. The standard InChI is InChI=1S/C16H9NO6S2/c18-13-12(25-16(24)17-13)6-10-1-2-11(23-10)7-3-8(14(19)20)5-9(4-7)15(21)22/h1-6H,(H,19,20)(H,21,22)(H,17,18,24)/b12-6-. The first-order valence-corrected chi connectivity index (χ1v) is 8.03. The van der Waals surface area contributed by atoms with Gasteiger partial charge < -0.3 is 19.9 Å². The van der Waals surface area contributed by atoms with Crippen molar-refractivity contribution < 1.29 is 29.0 Å². The molecule has 2 heterocycles. The Bertz CT molecular complexity index is 927. The first-order valence-electron chi connectivity index (χ1n) is 6.80. The third-order valence-corrected chi connectivity index (χ3v) is 4.42. The molecular formula is C16H9NO6S2. The quantitative estimate of drug-likeness (QED) is 0.552. The fraction of sp³-hybridized carbons (Fsp3) is 0. The molecule has 0 bridgehead atoms. The number of carboxylic acid groups (broad SMARTS) is 2. The molecule has 25 heavy (non-hydrogen) atoms. The monoisotopic (exact) mass is 375 g/mol. The summed E-state index contributed by atoms with van der Waals surface area (Å²) in [6.07, 6.45) is 1.50. The minimum Gasteiger partial charge on any atom is -0.478 e. The van der Waals surface area contributed by atoms with Gasteiger partial charge >= 0.3 is 11.9 Å². The van der Waals surface area contributed by atoms with Crippen LogP contribution in [0.4, 0.5) is 0 Å². The molecule has 1 saturated heterocycles. The zero-order valence-corrected chi connectivity index (χ0v) is 13.9. The number of carboxylic acids is 2. The van der Waals surface area contributed by atoms with E-state index in [4.69, 9.17) is 26.8 Å². The summed E-state index contributed by atoms with van der Waals surface area (Å²) in [6.45, 7) is 0. The molecule has 3 rings (SSSR count). The van der Waals surface area contributed by atoms with Crippen LogP contribution in [0.15, 0.2) is 39.7 Å². The van der Waals surface area contributed by atoms with Crippen molar-refractivity contribution in [2.45, 2.75) is 0 Å². The predicted octanol–water partition coefficient (Wildman–Crippen LogP) is 2.83. The van der Waals surface area contributed by atoms with E-state index in [0.717, 1.165) is 17.8 Å². The van der Waals surface area contributed by atoms with Crippen molar-refractivity contribution in [2.75, 3.05) is 0 Å². The van der Waals surface area contributed by atoms with Crippen molar-refractivity contribution in [1.82, 2.24) is 5.32 Å². The molecule has 1 amide bonds. The number of benzene rings is 1. The molecule has 0 unspecified atom stereocenters. The van der Waals surface area contributed by atoms with Crippen molar-refractivity contribution in [2.24, 2.45) is 0 Å². The molecule has 126 valence electrons. The third-order valence-electron chi connectivity index (χ3n) is 3.25. The van der Waals surface area contributed by atoms with E-state index in [-0.39, 0.29) is 22.8 Å². The molecule has 9 heteroatoms. The lowest BCUT2D eigenvalue weighted by Gasteiger charge is -2.03. The maximum Gasteiger partial charge on any atom is 0.335 e. The van der Waals surface area contributed by atoms with E-state index in [0.29, 0.717) is 20.5 Å². The summed E-state index contributed by atoms with van der Waals surface area (Å²) in [4.78, 5) is 34.4. The normalized spacial score (nSPS) is 15.4. The van der Waals surface area contributed by atoms with Crippen LogP contribution in [0.25, 0.3) is 17.4 Å². The smallest absolute Gasteiger partial charge is 0.335 e. The number of thioether (sulfide) groups is 1. The highest BCUT2D eigenvalue weighted by Crippen LogP contribution is 2.29. The maximum absolute atomic E-state index is 11.6. The number of carbonyl (C=O) groups excluding carboxylic acids is 1. The van der Waals surface area contributed by atoms with Crippen LogP contribution in [0, 0.1) is 0 Å². The Morgan fingerprint density at radius 3 is 2.28 bits per heavy atom. The lowest BCUT2D eigenvalue weighted by molar-refractivity contribution is -0.115. The molecule has 0 spiro atoms. The largest absolute Gasteiger partial charge is 0.478 e. The lowest BCUT2D eigenvalue weighted by atomic mass is 10.0. The van der Waals surface area contributed by atoms with E-state index >= 15 is 0 Å². The summed E-state index contributed by atoms with van der Waals surface area (Å²) < 4.78 is 5.94. The Hall–Kier alpha value is -2.91. The van der Waals surface area contributed by atoms with Gasteiger partial charge in [0.2, 0.25) is 0 Å². The van der Waals surface area contributed by atoms with Gasteiger partial charge in [-0.15, -0.1) is 0 Å². The molecule has 0 saturated carbocycles.